The second-order valence-corrected chi connectivity index (χ2v) is 6.42. The number of ether oxygens (including phenoxy) is 1. The van der Waals surface area contributed by atoms with Gasteiger partial charge in [0.2, 0.25) is 0 Å². The lowest BCUT2D eigenvalue weighted by atomic mass is 10.2. The van der Waals surface area contributed by atoms with Crippen LogP contribution in [0.25, 0.3) is 0 Å². The van der Waals surface area contributed by atoms with Gasteiger partial charge in [-0.25, -0.2) is 0 Å². The summed E-state index contributed by atoms with van der Waals surface area (Å²) in [4.78, 5) is 0. The normalized spacial score (nSPS) is 11.1. The summed E-state index contributed by atoms with van der Waals surface area (Å²) in [5, 5.41) is 12.1. The Labute approximate surface area is 132 Å². The van der Waals surface area contributed by atoms with Crippen molar-refractivity contribution in [2.24, 2.45) is 0 Å². The Morgan fingerprint density at radius 2 is 2.00 bits per heavy atom. The van der Waals surface area contributed by atoms with Crippen molar-refractivity contribution in [3.05, 3.63) is 26.6 Å². The third kappa shape index (κ3) is 6.25. The van der Waals surface area contributed by atoms with E-state index in [1.54, 1.807) is 0 Å². The fourth-order valence-corrected chi connectivity index (χ4v) is 3.10. The molecule has 0 aliphatic heterocycles. The van der Waals surface area contributed by atoms with Crippen LogP contribution in [0.2, 0.25) is 0 Å². The van der Waals surface area contributed by atoms with Crippen molar-refractivity contribution in [3.8, 4) is 5.75 Å². The number of hydrogen-bond donors (Lipinski definition) is 2. The molecule has 2 N–H and O–H groups in total. The predicted octanol–water partition coefficient (Wildman–Crippen LogP) is 3.86. The first-order valence-corrected chi connectivity index (χ1v) is 8.09. The highest BCUT2D eigenvalue weighted by atomic mass is 79.9. The van der Waals surface area contributed by atoms with Crippen LogP contribution < -0.4 is 10.1 Å². The third-order valence-corrected chi connectivity index (χ3v) is 3.56. The van der Waals surface area contributed by atoms with Gasteiger partial charge in [-0.15, -0.1) is 0 Å². The molecule has 0 aliphatic carbocycles. The van der Waals surface area contributed by atoms with Crippen LogP contribution in [0, 0.1) is 0 Å². The maximum Gasteiger partial charge on any atom is 0.138 e. The first-order chi connectivity index (χ1) is 9.04. The molecule has 0 atom stereocenters. The quantitative estimate of drug-likeness (QED) is 0.657. The van der Waals surface area contributed by atoms with E-state index in [4.69, 9.17) is 9.84 Å². The molecule has 0 bridgehead atoms. The standard InChI is InChI=1S/C14H21Br2NO2/c1-10(2)19-14-11(7-12(15)8-13(14)16)9-17-5-3-4-6-18/h7-8,10,17-18H,3-6,9H2,1-2H3. The van der Waals surface area contributed by atoms with Crippen molar-refractivity contribution in [1.29, 1.82) is 0 Å². The molecule has 0 heterocycles. The minimum absolute atomic E-state index is 0.144. The molecule has 108 valence electrons. The van der Waals surface area contributed by atoms with E-state index in [2.05, 4.69) is 43.2 Å². The molecule has 1 rings (SSSR count). The summed E-state index contributed by atoms with van der Waals surface area (Å²) in [6.07, 6.45) is 1.96. The van der Waals surface area contributed by atoms with Crippen molar-refractivity contribution in [2.75, 3.05) is 13.2 Å². The van der Waals surface area contributed by atoms with Crippen molar-refractivity contribution in [2.45, 2.75) is 39.3 Å². The Balaban J connectivity index is 2.68. The van der Waals surface area contributed by atoms with Crippen LogP contribution in [0.1, 0.15) is 32.3 Å². The lowest BCUT2D eigenvalue weighted by Gasteiger charge is -2.17. The first-order valence-electron chi connectivity index (χ1n) is 6.50. The number of unbranched alkanes of at least 4 members (excludes halogenated alkanes) is 1. The van der Waals surface area contributed by atoms with Gasteiger partial charge in [0, 0.05) is 23.2 Å². The van der Waals surface area contributed by atoms with Gasteiger partial charge >= 0.3 is 0 Å². The van der Waals surface area contributed by atoms with Gasteiger partial charge in [-0.05, 0) is 61.3 Å². The molecule has 0 radical (unpaired) electrons. The van der Waals surface area contributed by atoms with E-state index in [0.717, 1.165) is 46.2 Å². The second kappa shape index (κ2) is 8.95. The Bertz CT molecular complexity index is 397. The Morgan fingerprint density at radius 1 is 1.26 bits per heavy atom. The maximum absolute atomic E-state index is 8.74. The van der Waals surface area contributed by atoms with Crippen molar-refractivity contribution < 1.29 is 9.84 Å². The molecule has 0 spiro atoms. The Kier molecular flexibility index (Phi) is 7.99. The van der Waals surface area contributed by atoms with E-state index in [-0.39, 0.29) is 12.7 Å². The van der Waals surface area contributed by atoms with Crippen molar-refractivity contribution >= 4 is 31.9 Å². The van der Waals surface area contributed by atoms with E-state index >= 15 is 0 Å². The number of rotatable bonds is 8. The lowest BCUT2D eigenvalue weighted by molar-refractivity contribution is 0.237. The number of aliphatic hydroxyl groups excluding tert-OH is 1. The molecule has 0 saturated carbocycles. The molecule has 19 heavy (non-hydrogen) atoms. The molecule has 0 saturated heterocycles. The molecule has 0 aliphatic rings. The summed E-state index contributed by atoms with van der Waals surface area (Å²) in [6, 6.07) is 4.06. The Morgan fingerprint density at radius 3 is 2.63 bits per heavy atom. The lowest BCUT2D eigenvalue weighted by Crippen LogP contribution is -2.17. The van der Waals surface area contributed by atoms with E-state index in [1.807, 2.05) is 19.9 Å². The van der Waals surface area contributed by atoms with E-state index in [9.17, 15) is 0 Å². The number of aliphatic hydroxyl groups is 1. The summed E-state index contributed by atoms with van der Waals surface area (Å²) in [7, 11) is 0. The van der Waals surface area contributed by atoms with Gasteiger partial charge in [-0.1, -0.05) is 15.9 Å². The fraction of sp³-hybridized carbons (Fsp3) is 0.571. The van der Waals surface area contributed by atoms with Gasteiger partial charge in [0.15, 0.2) is 0 Å². The second-order valence-electron chi connectivity index (χ2n) is 4.65. The molecule has 1 aromatic carbocycles. The molecule has 0 unspecified atom stereocenters. The van der Waals surface area contributed by atoms with Gasteiger partial charge in [-0.3, -0.25) is 0 Å². The van der Waals surface area contributed by atoms with Crippen LogP contribution in [0.5, 0.6) is 5.75 Å². The predicted molar refractivity (Wildman–Crippen MR) is 85.6 cm³/mol. The molecule has 3 nitrogen and oxygen atoms in total. The summed E-state index contributed by atoms with van der Waals surface area (Å²) < 4.78 is 7.85. The minimum Gasteiger partial charge on any atom is -0.489 e. The molecule has 0 amide bonds. The zero-order valence-corrected chi connectivity index (χ0v) is 14.6. The van der Waals surface area contributed by atoms with Crippen LogP contribution in [0.15, 0.2) is 21.1 Å². The van der Waals surface area contributed by atoms with Gasteiger partial charge in [0.25, 0.3) is 0 Å². The summed E-state index contributed by atoms with van der Waals surface area (Å²) >= 11 is 7.05. The van der Waals surface area contributed by atoms with Crippen LogP contribution >= 0.6 is 31.9 Å². The van der Waals surface area contributed by atoms with Crippen LogP contribution in [-0.2, 0) is 6.54 Å². The van der Waals surface area contributed by atoms with Crippen molar-refractivity contribution in [3.63, 3.8) is 0 Å². The Hall–Kier alpha value is -0.100. The smallest absolute Gasteiger partial charge is 0.138 e. The van der Waals surface area contributed by atoms with Gasteiger partial charge < -0.3 is 15.2 Å². The maximum atomic E-state index is 8.74. The van der Waals surface area contributed by atoms with Crippen LogP contribution in [0.3, 0.4) is 0 Å². The van der Waals surface area contributed by atoms with Gasteiger partial charge in [0.05, 0.1) is 10.6 Å². The summed E-state index contributed by atoms with van der Waals surface area (Å²) in [5.41, 5.74) is 1.12. The topological polar surface area (TPSA) is 41.5 Å². The highest BCUT2D eigenvalue weighted by Crippen LogP contribution is 2.33. The molecule has 0 fully saturated rings. The van der Waals surface area contributed by atoms with Crippen LogP contribution in [0.4, 0.5) is 0 Å². The van der Waals surface area contributed by atoms with Gasteiger partial charge in [0.1, 0.15) is 5.75 Å². The number of hydrogen-bond acceptors (Lipinski definition) is 3. The highest BCUT2D eigenvalue weighted by Gasteiger charge is 2.11. The molecule has 1 aromatic rings. The monoisotopic (exact) mass is 393 g/mol. The number of benzene rings is 1. The number of halogens is 2. The van der Waals surface area contributed by atoms with Crippen LogP contribution in [-0.4, -0.2) is 24.4 Å². The molecule has 5 heteroatoms. The fourth-order valence-electron chi connectivity index (χ4n) is 1.70. The van der Waals surface area contributed by atoms with Gasteiger partial charge in [-0.2, -0.15) is 0 Å². The largest absolute Gasteiger partial charge is 0.489 e. The average molecular weight is 395 g/mol. The number of nitrogens with one attached hydrogen (secondary N) is 1. The zero-order valence-electron chi connectivity index (χ0n) is 11.4. The molecular formula is C14H21Br2NO2. The highest BCUT2D eigenvalue weighted by molar-refractivity contribution is 9.11. The summed E-state index contributed by atoms with van der Waals surface area (Å²) in [5.74, 6) is 0.896. The zero-order chi connectivity index (χ0) is 14.3. The third-order valence-electron chi connectivity index (χ3n) is 2.52. The van der Waals surface area contributed by atoms with E-state index in [0.29, 0.717) is 0 Å². The molecular weight excluding hydrogens is 374 g/mol. The first kappa shape index (κ1) is 17.0. The minimum atomic E-state index is 0.144. The van der Waals surface area contributed by atoms with E-state index in [1.165, 1.54) is 0 Å². The van der Waals surface area contributed by atoms with Crippen molar-refractivity contribution in [1.82, 2.24) is 5.32 Å². The van der Waals surface area contributed by atoms with E-state index < -0.39 is 0 Å². The summed E-state index contributed by atoms with van der Waals surface area (Å²) in [6.45, 7) is 5.95. The SMILES string of the molecule is CC(C)Oc1c(Br)cc(Br)cc1CNCCCCO. The molecule has 0 aromatic heterocycles. The average Bonchev–Trinajstić information content (AvgIpc) is 2.32.